The maximum Gasteiger partial charge on any atom is 0.251 e. The van der Waals surface area contributed by atoms with Gasteiger partial charge in [0.15, 0.2) is 0 Å². The van der Waals surface area contributed by atoms with Crippen LogP contribution in [0, 0.1) is 0 Å². The smallest absolute Gasteiger partial charge is 0.251 e. The zero-order valence-electron chi connectivity index (χ0n) is 16.9. The van der Waals surface area contributed by atoms with Crippen LogP contribution in [0.1, 0.15) is 30.2 Å². The lowest BCUT2D eigenvalue weighted by molar-refractivity contribution is 0.0944. The topological polar surface area (TPSA) is 114 Å². The molecule has 3 aromatic rings. The first-order valence-electron chi connectivity index (χ1n) is 9.34. The van der Waals surface area contributed by atoms with Crippen molar-refractivity contribution in [1.29, 1.82) is 0 Å². The molecule has 30 heavy (non-hydrogen) atoms. The van der Waals surface area contributed by atoms with E-state index in [4.69, 9.17) is 21.4 Å². The molecular formula is C20H23ClN6O3. The summed E-state index contributed by atoms with van der Waals surface area (Å²) in [6.07, 6.45) is 5.10. The van der Waals surface area contributed by atoms with Gasteiger partial charge in [0, 0.05) is 29.9 Å². The standard InChI is InChI=1S/C20H23ClN6O3/c1-12(2)27-11-14(9-24-27)18-15(21)10-23-20(26-18)25-16-5-4-13(8-17(16)30-3)19(29)22-6-7-28/h4-5,8-12,28H,6-7H2,1-3H3,(H,22,29)(H,23,25,26). The van der Waals surface area contributed by atoms with Crippen molar-refractivity contribution in [1.82, 2.24) is 25.1 Å². The van der Waals surface area contributed by atoms with Gasteiger partial charge in [-0.15, -0.1) is 0 Å². The maximum atomic E-state index is 12.1. The van der Waals surface area contributed by atoms with Gasteiger partial charge in [-0.2, -0.15) is 5.10 Å². The number of carbonyl (C=O) groups is 1. The molecule has 1 amide bonds. The Morgan fingerprint density at radius 2 is 2.13 bits per heavy atom. The number of anilines is 2. The molecule has 1 aromatic carbocycles. The summed E-state index contributed by atoms with van der Waals surface area (Å²) < 4.78 is 7.22. The van der Waals surface area contributed by atoms with Crippen LogP contribution in [0.4, 0.5) is 11.6 Å². The lowest BCUT2D eigenvalue weighted by Gasteiger charge is -2.12. The highest BCUT2D eigenvalue weighted by Gasteiger charge is 2.14. The van der Waals surface area contributed by atoms with Crippen LogP contribution in [0.15, 0.2) is 36.8 Å². The molecule has 9 nitrogen and oxygen atoms in total. The summed E-state index contributed by atoms with van der Waals surface area (Å²) in [4.78, 5) is 20.8. The molecule has 10 heteroatoms. The number of methoxy groups -OCH3 is 1. The maximum absolute atomic E-state index is 12.1. The molecule has 0 unspecified atom stereocenters. The van der Waals surface area contributed by atoms with Gasteiger partial charge in [0.25, 0.3) is 5.91 Å². The van der Waals surface area contributed by atoms with Crippen LogP contribution in [0.25, 0.3) is 11.3 Å². The van der Waals surface area contributed by atoms with E-state index in [1.165, 1.54) is 13.3 Å². The van der Waals surface area contributed by atoms with E-state index >= 15 is 0 Å². The number of hydrogen-bond acceptors (Lipinski definition) is 7. The van der Waals surface area contributed by atoms with Gasteiger partial charge in [-0.25, -0.2) is 9.97 Å². The molecule has 0 atom stereocenters. The van der Waals surface area contributed by atoms with Crippen LogP contribution in [-0.2, 0) is 0 Å². The second-order valence-corrected chi connectivity index (χ2v) is 7.12. The van der Waals surface area contributed by atoms with Crippen LogP contribution in [-0.4, -0.2) is 51.0 Å². The molecule has 0 aliphatic rings. The molecule has 2 heterocycles. The van der Waals surface area contributed by atoms with Gasteiger partial charge in [0.2, 0.25) is 5.95 Å². The van der Waals surface area contributed by atoms with Crippen LogP contribution in [0.2, 0.25) is 5.02 Å². The number of halogens is 1. The normalized spacial score (nSPS) is 10.9. The first-order chi connectivity index (χ1) is 14.4. The highest BCUT2D eigenvalue weighted by atomic mass is 35.5. The largest absolute Gasteiger partial charge is 0.495 e. The third kappa shape index (κ3) is 4.87. The molecule has 2 aromatic heterocycles. The quantitative estimate of drug-likeness (QED) is 0.503. The Hall–Kier alpha value is -3.17. The fourth-order valence-corrected chi connectivity index (χ4v) is 2.90. The molecule has 0 aliphatic carbocycles. The monoisotopic (exact) mass is 430 g/mol. The minimum atomic E-state index is -0.305. The molecule has 0 fully saturated rings. The van der Waals surface area contributed by atoms with Crippen molar-refractivity contribution in [3.8, 4) is 17.0 Å². The number of aliphatic hydroxyl groups excluding tert-OH is 1. The molecule has 0 aliphatic heterocycles. The third-order valence-corrected chi connectivity index (χ3v) is 4.53. The Morgan fingerprint density at radius 1 is 1.33 bits per heavy atom. The predicted molar refractivity (Wildman–Crippen MR) is 114 cm³/mol. The van der Waals surface area contributed by atoms with Gasteiger partial charge in [-0.1, -0.05) is 11.6 Å². The summed E-state index contributed by atoms with van der Waals surface area (Å²) in [5.41, 5.74) is 2.33. The SMILES string of the molecule is COc1cc(C(=O)NCCO)ccc1Nc1ncc(Cl)c(-c2cnn(C(C)C)c2)n1. The predicted octanol–water partition coefficient (Wildman–Crippen LogP) is 3.05. The summed E-state index contributed by atoms with van der Waals surface area (Å²) in [5, 5.41) is 19.3. The molecule has 0 bridgehead atoms. The Kier molecular flexibility index (Phi) is 6.86. The van der Waals surface area contributed by atoms with Gasteiger partial charge < -0.3 is 20.5 Å². The van der Waals surface area contributed by atoms with Gasteiger partial charge >= 0.3 is 0 Å². The molecular weight excluding hydrogens is 408 g/mol. The highest BCUT2D eigenvalue weighted by Crippen LogP contribution is 2.30. The minimum Gasteiger partial charge on any atom is -0.495 e. The van der Waals surface area contributed by atoms with Crippen molar-refractivity contribution >= 4 is 29.1 Å². The third-order valence-electron chi connectivity index (χ3n) is 4.26. The molecule has 3 N–H and O–H groups in total. The molecule has 158 valence electrons. The number of nitrogens with zero attached hydrogens (tertiary/aromatic N) is 4. The van der Waals surface area contributed by atoms with E-state index in [0.717, 1.165) is 5.56 Å². The van der Waals surface area contributed by atoms with Gasteiger partial charge in [0.1, 0.15) is 5.75 Å². The number of amides is 1. The van der Waals surface area contributed by atoms with Gasteiger partial charge in [0.05, 0.1) is 42.5 Å². The number of rotatable bonds is 8. The Bertz CT molecular complexity index is 1040. The number of ether oxygens (including phenoxy) is 1. The van der Waals surface area contributed by atoms with Crippen molar-refractivity contribution in [3.05, 3.63) is 47.4 Å². The zero-order chi connectivity index (χ0) is 21.7. The number of benzene rings is 1. The summed E-state index contributed by atoms with van der Waals surface area (Å²) >= 11 is 6.30. The van der Waals surface area contributed by atoms with Crippen LogP contribution < -0.4 is 15.4 Å². The van der Waals surface area contributed by atoms with E-state index in [1.54, 1.807) is 24.4 Å². The molecule has 0 saturated heterocycles. The van der Waals surface area contributed by atoms with Gasteiger partial charge in [-0.3, -0.25) is 9.48 Å². The molecule has 0 spiro atoms. The first-order valence-corrected chi connectivity index (χ1v) is 9.72. The van der Waals surface area contributed by atoms with Crippen LogP contribution in [0.3, 0.4) is 0 Å². The van der Waals surface area contributed by atoms with Crippen molar-refractivity contribution in [3.63, 3.8) is 0 Å². The average Bonchev–Trinajstić information content (AvgIpc) is 3.24. The Balaban J connectivity index is 1.86. The summed E-state index contributed by atoms with van der Waals surface area (Å²) in [6, 6.07) is 5.15. The second-order valence-electron chi connectivity index (χ2n) is 6.71. The van der Waals surface area contributed by atoms with Crippen LogP contribution >= 0.6 is 11.6 Å². The molecule has 0 saturated carbocycles. The summed E-state index contributed by atoms with van der Waals surface area (Å²) in [6.45, 7) is 4.11. The number of carbonyl (C=O) groups excluding carboxylic acids is 1. The summed E-state index contributed by atoms with van der Waals surface area (Å²) in [7, 11) is 1.50. The van der Waals surface area contributed by atoms with Crippen molar-refractivity contribution in [2.24, 2.45) is 0 Å². The molecule has 0 radical (unpaired) electrons. The highest BCUT2D eigenvalue weighted by molar-refractivity contribution is 6.32. The Morgan fingerprint density at radius 3 is 2.80 bits per heavy atom. The van der Waals surface area contributed by atoms with E-state index in [9.17, 15) is 4.79 Å². The molecule has 3 rings (SSSR count). The van der Waals surface area contributed by atoms with Crippen molar-refractivity contribution in [2.45, 2.75) is 19.9 Å². The van der Waals surface area contributed by atoms with Gasteiger partial charge in [-0.05, 0) is 32.0 Å². The van der Waals surface area contributed by atoms with E-state index in [-0.39, 0.29) is 25.1 Å². The Labute approximate surface area is 179 Å². The second kappa shape index (κ2) is 9.55. The number of hydrogen-bond donors (Lipinski definition) is 3. The fraction of sp³-hybridized carbons (Fsp3) is 0.300. The lowest BCUT2D eigenvalue weighted by Crippen LogP contribution is -2.26. The van der Waals surface area contributed by atoms with Crippen molar-refractivity contribution in [2.75, 3.05) is 25.6 Å². The van der Waals surface area contributed by atoms with E-state index in [0.29, 0.717) is 33.7 Å². The number of aliphatic hydroxyl groups is 1. The minimum absolute atomic E-state index is 0.130. The van der Waals surface area contributed by atoms with E-state index < -0.39 is 0 Å². The zero-order valence-corrected chi connectivity index (χ0v) is 17.6. The number of nitrogens with one attached hydrogen (secondary N) is 2. The number of aromatic nitrogens is 4. The first kappa shape index (κ1) is 21.5. The van der Waals surface area contributed by atoms with E-state index in [1.807, 2.05) is 24.7 Å². The fourth-order valence-electron chi connectivity index (χ4n) is 2.70. The average molecular weight is 431 g/mol. The summed E-state index contributed by atoms with van der Waals surface area (Å²) in [5.74, 6) is 0.461. The van der Waals surface area contributed by atoms with E-state index in [2.05, 4.69) is 25.7 Å². The lowest BCUT2D eigenvalue weighted by atomic mass is 10.1. The van der Waals surface area contributed by atoms with Crippen molar-refractivity contribution < 1.29 is 14.6 Å². The van der Waals surface area contributed by atoms with Crippen LogP contribution in [0.5, 0.6) is 5.75 Å².